The average molecular weight is 595 g/mol. The number of para-hydroxylation sites is 2. The quantitative estimate of drug-likeness (QED) is 0.154. The van der Waals surface area contributed by atoms with Crippen LogP contribution < -0.4 is 11.0 Å². The third kappa shape index (κ3) is 6.13. The van der Waals surface area contributed by atoms with Gasteiger partial charge in [-0.1, -0.05) is 18.6 Å². The lowest BCUT2D eigenvalue weighted by Crippen LogP contribution is -2.47. The van der Waals surface area contributed by atoms with Crippen molar-refractivity contribution in [1.82, 2.24) is 24.7 Å². The molecule has 226 valence electrons. The van der Waals surface area contributed by atoms with E-state index in [0.29, 0.717) is 44.6 Å². The lowest BCUT2D eigenvalue weighted by Gasteiger charge is -2.34. The van der Waals surface area contributed by atoms with Gasteiger partial charge in [-0.2, -0.15) is 5.26 Å². The minimum absolute atomic E-state index is 0.00238. The molecule has 2 N–H and O–H groups in total. The van der Waals surface area contributed by atoms with Gasteiger partial charge in [-0.25, -0.2) is 14.8 Å². The van der Waals surface area contributed by atoms with Gasteiger partial charge in [0.1, 0.15) is 11.3 Å². The molecule has 2 aliphatic heterocycles. The first-order chi connectivity index (χ1) is 21.4. The molecule has 12 nitrogen and oxygen atoms in total. The van der Waals surface area contributed by atoms with Gasteiger partial charge in [-0.05, 0) is 69.0 Å². The van der Waals surface area contributed by atoms with Gasteiger partial charge in [-0.15, -0.1) is 0 Å². The Bertz CT molecular complexity index is 1850. The number of imidazole rings is 1. The average Bonchev–Trinajstić information content (AvgIpc) is 3.51. The number of likely N-dealkylation sites (tertiary alicyclic amines) is 2. The van der Waals surface area contributed by atoms with E-state index in [0.717, 1.165) is 40.6 Å². The molecular weight excluding hydrogens is 560 g/mol. The van der Waals surface area contributed by atoms with Crippen LogP contribution in [0.2, 0.25) is 0 Å². The number of hydrogen-bond donors (Lipinski definition) is 2. The largest absolute Gasteiger partial charge is 0.461 e. The van der Waals surface area contributed by atoms with E-state index in [-0.39, 0.29) is 36.1 Å². The molecule has 2 aromatic carbocycles. The summed E-state index contributed by atoms with van der Waals surface area (Å²) in [6.45, 7) is 3.41. The van der Waals surface area contributed by atoms with Gasteiger partial charge in [0, 0.05) is 37.3 Å². The van der Waals surface area contributed by atoms with E-state index in [2.05, 4.69) is 20.3 Å². The Morgan fingerprint density at radius 2 is 1.93 bits per heavy atom. The van der Waals surface area contributed by atoms with Crippen molar-refractivity contribution in [1.29, 1.82) is 5.26 Å². The second kappa shape index (κ2) is 12.6. The normalized spacial score (nSPS) is 18.7. The SMILES string of the molecule is Cc1cc2cc(N=C(/N=C\C3CCCCN(CC(=O)N4CCC(n5c(=O)[nH]c6ccccc65)CC4)C3=O)NC#N)ccc2o1. The summed E-state index contributed by atoms with van der Waals surface area (Å²) < 4.78 is 7.41. The number of rotatable bonds is 5. The topological polar surface area (TPSA) is 152 Å². The standard InChI is InChI=1S/C32H34N8O4/c1-21-16-23-17-24(9-10-28(23)44-21)36-31(35-20-33)34-18-22-6-4-5-13-39(30(22)42)19-29(41)38-14-11-25(12-15-38)40-27-8-3-2-7-26(27)37-32(40)43/h2-3,7-10,16-18,22,25H,4-6,11-15,19H2,1H3,(H,35,36)(H,37,43)/b34-18-. The van der Waals surface area contributed by atoms with Crippen molar-refractivity contribution in [3.8, 4) is 6.19 Å². The van der Waals surface area contributed by atoms with E-state index in [9.17, 15) is 19.6 Å². The van der Waals surface area contributed by atoms with Crippen LogP contribution in [0.25, 0.3) is 22.0 Å². The second-order valence-electron chi connectivity index (χ2n) is 11.3. The number of amides is 2. The van der Waals surface area contributed by atoms with Gasteiger partial charge in [0.2, 0.25) is 17.8 Å². The van der Waals surface area contributed by atoms with Gasteiger partial charge < -0.3 is 19.2 Å². The third-order valence-corrected chi connectivity index (χ3v) is 8.36. The lowest BCUT2D eigenvalue weighted by atomic mass is 10.0. The summed E-state index contributed by atoms with van der Waals surface area (Å²) >= 11 is 0. The van der Waals surface area contributed by atoms with Crippen LogP contribution >= 0.6 is 0 Å². The van der Waals surface area contributed by atoms with Crippen molar-refractivity contribution in [3.63, 3.8) is 0 Å². The summed E-state index contributed by atoms with van der Waals surface area (Å²) in [5.41, 5.74) is 2.88. The van der Waals surface area contributed by atoms with Crippen LogP contribution in [0, 0.1) is 24.3 Å². The Morgan fingerprint density at radius 3 is 2.75 bits per heavy atom. The highest BCUT2D eigenvalue weighted by atomic mass is 16.3. The molecule has 12 heteroatoms. The van der Waals surface area contributed by atoms with E-state index >= 15 is 0 Å². The van der Waals surface area contributed by atoms with Gasteiger partial charge in [-0.3, -0.25) is 19.5 Å². The highest BCUT2D eigenvalue weighted by Crippen LogP contribution is 2.26. The molecule has 1 atom stereocenters. The predicted molar refractivity (Wildman–Crippen MR) is 167 cm³/mol. The van der Waals surface area contributed by atoms with Crippen molar-refractivity contribution in [2.24, 2.45) is 15.9 Å². The molecular formula is C32H34N8O4. The zero-order chi connectivity index (χ0) is 30.6. The lowest BCUT2D eigenvalue weighted by molar-refractivity contribution is -0.141. The van der Waals surface area contributed by atoms with Crippen LogP contribution in [0.4, 0.5) is 5.69 Å². The third-order valence-electron chi connectivity index (χ3n) is 8.36. The summed E-state index contributed by atoms with van der Waals surface area (Å²) in [7, 11) is 0. The minimum Gasteiger partial charge on any atom is -0.461 e. The van der Waals surface area contributed by atoms with E-state index in [4.69, 9.17) is 4.42 Å². The van der Waals surface area contributed by atoms with Gasteiger partial charge in [0.15, 0.2) is 6.19 Å². The van der Waals surface area contributed by atoms with E-state index < -0.39 is 5.92 Å². The fraction of sp³-hybridized carbons (Fsp3) is 0.375. The van der Waals surface area contributed by atoms with E-state index in [1.807, 2.05) is 55.6 Å². The number of benzene rings is 2. The first kappa shape index (κ1) is 28.9. The molecule has 44 heavy (non-hydrogen) atoms. The van der Waals surface area contributed by atoms with Crippen LogP contribution in [-0.4, -0.2) is 69.5 Å². The molecule has 2 amide bonds. The molecule has 2 fully saturated rings. The van der Waals surface area contributed by atoms with Crippen molar-refractivity contribution < 1.29 is 14.0 Å². The summed E-state index contributed by atoms with van der Waals surface area (Å²) in [4.78, 5) is 54.6. The number of furan rings is 1. The zero-order valence-electron chi connectivity index (χ0n) is 24.5. The number of aromatic nitrogens is 2. The molecule has 0 aliphatic carbocycles. The number of fused-ring (bicyclic) bond motifs is 2. The second-order valence-corrected chi connectivity index (χ2v) is 11.3. The molecule has 0 radical (unpaired) electrons. The maximum atomic E-state index is 13.5. The number of hydrogen-bond acceptors (Lipinski definition) is 6. The predicted octanol–water partition coefficient (Wildman–Crippen LogP) is 4.01. The summed E-state index contributed by atoms with van der Waals surface area (Å²) in [6, 6.07) is 15.0. The minimum atomic E-state index is -0.533. The number of nitrogens with zero attached hydrogens (tertiary/aromatic N) is 6. The van der Waals surface area contributed by atoms with Gasteiger partial charge in [0.25, 0.3) is 0 Å². The monoisotopic (exact) mass is 594 g/mol. The molecule has 4 heterocycles. The summed E-state index contributed by atoms with van der Waals surface area (Å²) in [5.74, 6) is 0.0694. The number of piperidine rings is 1. The highest BCUT2D eigenvalue weighted by Gasteiger charge is 2.31. The number of carbonyl (C=O) groups excluding carboxylic acids is 2. The Balaban J connectivity index is 1.09. The van der Waals surface area contributed by atoms with Crippen LogP contribution in [0.15, 0.2) is 67.7 Å². The number of carbonyl (C=O) groups is 2. The first-order valence-corrected chi connectivity index (χ1v) is 14.9. The van der Waals surface area contributed by atoms with Crippen molar-refractivity contribution in [3.05, 3.63) is 64.8 Å². The van der Waals surface area contributed by atoms with Crippen LogP contribution in [0.5, 0.6) is 0 Å². The highest BCUT2D eigenvalue weighted by molar-refractivity contribution is 6.00. The molecule has 0 saturated carbocycles. The van der Waals surface area contributed by atoms with Crippen molar-refractivity contribution in [2.75, 3.05) is 26.2 Å². The van der Waals surface area contributed by atoms with Crippen LogP contribution in [0.3, 0.4) is 0 Å². The Labute approximate surface area is 253 Å². The fourth-order valence-corrected chi connectivity index (χ4v) is 6.16. The van der Waals surface area contributed by atoms with Crippen LogP contribution in [-0.2, 0) is 9.59 Å². The molecule has 0 spiro atoms. The van der Waals surface area contributed by atoms with Gasteiger partial charge >= 0.3 is 5.69 Å². The number of guanidine groups is 1. The summed E-state index contributed by atoms with van der Waals surface area (Å²) in [5, 5.41) is 12.6. The number of nitriles is 1. The maximum absolute atomic E-state index is 13.5. The Morgan fingerprint density at radius 1 is 1.11 bits per heavy atom. The number of aromatic amines is 1. The smallest absolute Gasteiger partial charge is 0.326 e. The Hall–Kier alpha value is -5.18. The number of H-pyrrole nitrogens is 1. The molecule has 4 aromatic rings. The van der Waals surface area contributed by atoms with Crippen LogP contribution in [0.1, 0.15) is 43.9 Å². The summed E-state index contributed by atoms with van der Waals surface area (Å²) in [6.07, 6.45) is 6.91. The molecule has 2 saturated heterocycles. The zero-order valence-corrected chi connectivity index (χ0v) is 24.5. The molecule has 0 bridgehead atoms. The maximum Gasteiger partial charge on any atom is 0.326 e. The van der Waals surface area contributed by atoms with E-state index in [1.165, 1.54) is 6.21 Å². The molecule has 1 unspecified atom stereocenters. The molecule has 2 aromatic heterocycles. The fourth-order valence-electron chi connectivity index (χ4n) is 6.16. The van der Waals surface area contributed by atoms with Crippen molar-refractivity contribution >= 4 is 51.7 Å². The Kier molecular flexibility index (Phi) is 8.27. The molecule has 6 rings (SSSR count). The number of nitrogens with one attached hydrogen (secondary N) is 2. The van der Waals surface area contributed by atoms with E-state index in [1.54, 1.807) is 20.4 Å². The number of aryl methyl sites for hydroxylation is 1. The van der Waals surface area contributed by atoms with Crippen molar-refractivity contribution in [2.45, 2.75) is 45.1 Å². The van der Waals surface area contributed by atoms with Gasteiger partial charge in [0.05, 0.1) is 29.2 Å². The first-order valence-electron chi connectivity index (χ1n) is 14.9. The molecule has 2 aliphatic rings. The number of aliphatic imine (C=N–C) groups is 2.